The number of hydrogen-bond acceptors (Lipinski definition) is 5. The molecule has 21 heavy (non-hydrogen) atoms. The second kappa shape index (κ2) is 5.12. The van der Waals surface area contributed by atoms with Gasteiger partial charge in [-0.15, -0.1) is 0 Å². The van der Waals surface area contributed by atoms with Crippen molar-refractivity contribution in [1.82, 2.24) is 19.9 Å². The van der Waals surface area contributed by atoms with Crippen LogP contribution in [-0.2, 0) is 0 Å². The van der Waals surface area contributed by atoms with E-state index in [1.807, 2.05) is 12.1 Å². The zero-order valence-electron chi connectivity index (χ0n) is 11.3. The predicted octanol–water partition coefficient (Wildman–Crippen LogP) is 1.99. The van der Waals surface area contributed by atoms with E-state index in [1.165, 1.54) is 17.0 Å². The van der Waals surface area contributed by atoms with E-state index in [2.05, 4.69) is 15.3 Å². The number of nitrogens with zero attached hydrogens (tertiary/aromatic N) is 3. The molecule has 106 valence electrons. The minimum atomic E-state index is -0.214. The highest BCUT2D eigenvalue weighted by Gasteiger charge is 2.09. The van der Waals surface area contributed by atoms with Crippen molar-refractivity contribution < 1.29 is 9.53 Å². The number of benzene rings is 1. The van der Waals surface area contributed by atoms with Crippen LogP contribution in [0.1, 0.15) is 0 Å². The predicted molar refractivity (Wildman–Crippen MR) is 78.3 cm³/mol. The molecule has 3 aromatic rings. The molecule has 7 nitrogen and oxygen atoms in total. The normalized spacial score (nSPS) is 10.5. The summed E-state index contributed by atoms with van der Waals surface area (Å²) in [6, 6.07) is 8.61. The van der Waals surface area contributed by atoms with Crippen LogP contribution >= 0.6 is 0 Å². The first kappa shape index (κ1) is 12.9. The van der Waals surface area contributed by atoms with Crippen LogP contribution in [0.15, 0.2) is 42.9 Å². The number of nitrogens with two attached hydrogens (primary N) is 1. The highest BCUT2D eigenvalue weighted by molar-refractivity contribution is 5.92. The number of aromatic nitrogens is 3. The fraction of sp³-hybridized carbons (Fsp3) is 0.0714. The third-order valence-corrected chi connectivity index (χ3v) is 2.98. The molecule has 3 N–H and O–H groups in total. The van der Waals surface area contributed by atoms with Crippen LogP contribution in [0.2, 0.25) is 0 Å². The molecule has 1 aromatic carbocycles. The van der Waals surface area contributed by atoms with E-state index in [0.29, 0.717) is 17.4 Å². The third kappa shape index (κ3) is 2.48. The van der Waals surface area contributed by atoms with Crippen LogP contribution in [0.3, 0.4) is 0 Å². The Labute approximate surface area is 120 Å². The molecule has 0 aliphatic heterocycles. The monoisotopic (exact) mass is 283 g/mol. The molecule has 0 aliphatic carbocycles. The van der Waals surface area contributed by atoms with Gasteiger partial charge in [0, 0.05) is 30.8 Å². The van der Waals surface area contributed by atoms with Crippen LogP contribution in [0.4, 0.5) is 10.6 Å². The number of fused-ring (bicyclic) bond motifs is 1. The molecule has 7 heteroatoms. The molecule has 0 bridgehead atoms. The van der Waals surface area contributed by atoms with Crippen LogP contribution in [-0.4, -0.2) is 27.6 Å². The molecule has 0 fully saturated rings. The summed E-state index contributed by atoms with van der Waals surface area (Å²) in [7, 11) is 1.58. The molecule has 2 aromatic heterocycles. The number of hydrogen-bond donors (Lipinski definition) is 2. The minimum Gasteiger partial charge on any atom is -0.439 e. The number of amides is 1. The second-order valence-corrected chi connectivity index (χ2v) is 4.34. The highest BCUT2D eigenvalue weighted by Crippen LogP contribution is 2.25. The largest absolute Gasteiger partial charge is 0.439 e. The van der Waals surface area contributed by atoms with Gasteiger partial charge >= 0.3 is 6.03 Å². The summed E-state index contributed by atoms with van der Waals surface area (Å²) in [4.78, 5) is 19.6. The Balaban J connectivity index is 1.98. The summed E-state index contributed by atoms with van der Waals surface area (Å²) in [5.41, 5.74) is 6.32. The smallest absolute Gasteiger partial charge is 0.325 e. The van der Waals surface area contributed by atoms with Crippen LogP contribution < -0.4 is 15.8 Å². The summed E-state index contributed by atoms with van der Waals surface area (Å²) in [6.07, 6.45) is 3.03. The van der Waals surface area contributed by atoms with E-state index in [0.717, 1.165) is 10.9 Å². The van der Waals surface area contributed by atoms with E-state index in [9.17, 15) is 4.79 Å². The fourth-order valence-corrected chi connectivity index (χ4v) is 2.00. The van der Waals surface area contributed by atoms with Crippen molar-refractivity contribution in [3.8, 4) is 11.6 Å². The average Bonchev–Trinajstić information content (AvgIpc) is 2.89. The molecule has 0 radical (unpaired) electrons. The van der Waals surface area contributed by atoms with Crippen molar-refractivity contribution in [3.05, 3.63) is 42.9 Å². The van der Waals surface area contributed by atoms with Crippen molar-refractivity contribution >= 4 is 22.8 Å². The van der Waals surface area contributed by atoms with E-state index in [4.69, 9.17) is 10.5 Å². The molecule has 0 atom stereocenters. The van der Waals surface area contributed by atoms with Gasteiger partial charge in [-0.1, -0.05) is 0 Å². The van der Waals surface area contributed by atoms with Gasteiger partial charge in [0.1, 0.15) is 17.9 Å². The number of carbonyl (C=O) groups excluding carboxylic acids is 1. The summed E-state index contributed by atoms with van der Waals surface area (Å²) < 4.78 is 7.14. The van der Waals surface area contributed by atoms with Crippen LogP contribution in [0.25, 0.3) is 10.9 Å². The summed E-state index contributed by atoms with van der Waals surface area (Å²) >= 11 is 0. The Hall–Kier alpha value is -3.09. The van der Waals surface area contributed by atoms with Crippen molar-refractivity contribution in [2.45, 2.75) is 0 Å². The van der Waals surface area contributed by atoms with Gasteiger partial charge in [-0.05, 0) is 18.2 Å². The zero-order valence-corrected chi connectivity index (χ0v) is 11.3. The van der Waals surface area contributed by atoms with Gasteiger partial charge in [-0.25, -0.2) is 14.8 Å². The van der Waals surface area contributed by atoms with Crippen LogP contribution in [0.5, 0.6) is 11.6 Å². The summed E-state index contributed by atoms with van der Waals surface area (Å²) in [5.74, 6) is 1.24. The molecule has 2 heterocycles. The molecule has 0 unspecified atom stereocenters. The van der Waals surface area contributed by atoms with Crippen molar-refractivity contribution in [2.24, 2.45) is 0 Å². The standard InChI is InChI=1S/C14H13N5O2/c1-16-14(20)19-5-4-9-2-3-10(6-11(9)19)21-13-7-12(15)17-8-18-13/h2-8H,1H3,(H,16,20)(H2,15,17,18). The number of nitrogen functional groups attached to an aromatic ring is 1. The third-order valence-electron chi connectivity index (χ3n) is 2.98. The molecule has 3 rings (SSSR count). The van der Waals surface area contributed by atoms with Crippen molar-refractivity contribution in [1.29, 1.82) is 0 Å². The molecule has 1 amide bonds. The molecular weight excluding hydrogens is 270 g/mol. The van der Waals surface area contributed by atoms with Crippen LogP contribution in [0, 0.1) is 0 Å². The van der Waals surface area contributed by atoms with Gasteiger partial charge in [0.05, 0.1) is 5.52 Å². The average molecular weight is 283 g/mol. The lowest BCUT2D eigenvalue weighted by Gasteiger charge is -2.07. The van der Waals surface area contributed by atoms with Gasteiger partial charge in [0.15, 0.2) is 0 Å². The lowest BCUT2D eigenvalue weighted by molar-refractivity contribution is 0.245. The topological polar surface area (TPSA) is 95.1 Å². The summed E-state index contributed by atoms with van der Waals surface area (Å²) in [5, 5.41) is 3.52. The lowest BCUT2D eigenvalue weighted by atomic mass is 10.2. The van der Waals surface area contributed by atoms with Gasteiger partial charge < -0.3 is 15.8 Å². The fourth-order valence-electron chi connectivity index (χ4n) is 2.00. The van der Waals surface area contributed by atoms with Gasteiger partial charge in [-0.2, -0.15) is 0 Å². The number of ether oxygens (including phenoxy) is 1. The number of rotatable bonds is 2. The molecule has 0 aliphatic rings. The maximum atomic E-state index is 11.8. The van der Waals surface area contributed by atoms with E-state index in [-0.39, 0.29) is 6.03 Å². The van der Waals surface area contributed by atoms with E-state index < -0.39 is 0 Å². The Morgan fingerprint density at radius 1 is 1.29 bits per heavy atom. The highest BCUT2D eigenvalue weighted by atomic mass is 16.5. The maximum Gasteiger partial charge on any atom is 0.325 e. The van der Waals surface area contributed by atoms with Crippen molar-refractivity contribution in [3.63, 3.8) is 0 Å². The SMILES string of the molecule is CNC(=O)n1ccc2ccc(Oc3cc(N)ncn3)cc21. The first-order valence-corrected chi connectivity index (χ1v) is 6.26. The van der Waals surface area contributed by atoms with Gasteiger partial charge in [0.25, 0.3) is 0 Å². The second-order valence-electron chi connectivity index (χ2n) is 4.34. The number of anilines is 1. The summed E-state index contributed by atoms with van der Waals surface area (Å²) in [6.45, 7) is 0. The maximum absolute atomic E-state index is 11.8. The Morgan fingerprint density at radius 3 is 2.90 bits per heavy atom. The first-order valence-electron chi connectivity index (χ1n) is 6.26. The number of nitrogens with one attached hydrogen (secondary N) is 1. The quantitative estimate of drug-likeness (QED) is 0.750. The van der Waals surface area contributed by atoms with Gasteiger partial charge in [-0.3, -0.25) is 4.57 Å². The van der Waals surface area contributed by atoms with Gasteiger partial charge in [0.2, 0.25) is 5.88 Å². The van der Waals surface area contributed by atoms with E-state index in [1.54, 1.807) is 25.4 Å². The molecule has 0 spiro atoms. The Morgan fingerprint density at radius 2 is 2.14 bits per heavy atom. The minimum absolute atomic E-state index is 0.214. The number of carbonyl (C=O) groups is 1. The van der Waals surface area contributed by atoms with E-state index >= 15 is 0 Å². The molecular formula is C14H13N5O2. The first-order chi connectivity index (χ1) is 10.2. The molecule has 0 saturated carbocycles. The zero-order chi connectivity index (χ0) is 14.8. The lowest BCUT2D eigenvalue weighted by Crippen LogP contribution is -2.23. The Kier molecular flexibility index (Phi) is 3.15. The Bertz CT molecular complexity index is 812. The molecule has 0 saturated heterocycles. The van der Waals surface area contributed by atoms with Crippen molar-refractivity contribution in [2.75, 3.05) is 12.8 Å².